The SMILES string of the molecule is C/C=C/COc1cc(C)c(OCCCCCC/C(C)=N/OC)c(C)c1. The van der Waals surface area contributed by atoms with E-state index in [1.54, 1.807) is 7.11 Å². The summed E-state index contributed by atoms with van der Waals surface area (Å²) < 4.78 is 11.7. The van der Waals surface area contributed by atoms with Gasteiger partial charge >= 0.3 is 0 Å². The van der Waals surface area contributed by atoms with Crippen LogP contribution in [0, 0.1) is 13.8 Å². The van der Waals surface area contributed by atoms with Crippen LogP contribution in [0.5, 0.6) is 11.5 Å². The van der Waals surface area contributed by atoms with Crippen LogP contribution in [0.2, 0.25) is 0 Å². The second kappa shape index (κ2) is 12.4. The van der Waals surface area contributed by atoms with Crippen molar-refractivity contribution in [2.75, 3.05) is 20.3 Å². The summed E-state index contributed by atoms with van der Waals surface area (Å²) in [5.74, 6) is 1.88. The van der Waals surface area contributed by atoms with E-state index in [1.807, 2.05) is 38.1 Å². The zero-order chi connectivity index (χ0) is 18.5. The lowest BCUT2D eigenvalue weighted by Crippen LogP contribution is -2.02. The van der Waals surface area contributed by atoms with Gasteiger partial charge in [-0.1, -0.05) is 30.1 Å². The summed E-state index contributed by atoms with van der Waals surface area (Å²) in [6.07, 6.45) is 9.56. The third-order valence-corrected chi connectivity index (χ3v) is 3.94. The van der Waals surface area contributed by atoms with Gasteiger partial charge in [0.05, 0.1) is 12.3 Å². The third-order valence-electron chi connectivity index (χ3n) is 3.94. The molecule has 0 saturated carbocycles. The van der Waals surface area contributed by atoms with E-state index in [4.69, 9.17) is 14.3 Å². The fourth-order valence-corrected chi connectivity index (χ4v) is 2.67. The summed E-state index contributed by atoms with van der Waals surface area (Å²) in [6.45, 7) is 9.50. The third kappa shape index (κ3) is 8.62. The van der Waals surface area contributed by atoms with E-state index in [2.05, 4.69) is 19.0 Å². The quantitative estimate of drug-likeness (QED) is 0.213. The molecule has 0 aliphatic rings. The van der Waals surface area contributed by atoms with Crippen molar-refractivity contribution in [3.63, 3.8) is 0 Å². The van der Waals surface area contributed by atoms with Gasteiger partial charge in [0.15, 0.2) is 0 Å². The lowest BCUT2D eigenvalue weighted by Gasteiger charge is -2.14. The van der Waals surface area contributed by atoms with Crippen LogP contribution in [0.15, 0.2) is 29.4 Å². The van der Waals surface area contributed by atoms with Gasteiger partial charge in [-0.05, 0) is 70.2 Å². The van der Waals surface area contributed by atoms with Crippen LogP contribution in [0.3, 0.4) is 0 Å². The molecule has 0 aromatic heterocycles. The highest BCUT2D eigenvalue weighted by atomic mass is 16.6. The van der Waals surface area contributed by atoms with Gasteiger partial charge in [0.2, 0.25) is 0 Å². The maximum absolute atomic E-state index is 6.00. The molecular formula is C21H33NO3. The minimum atomic E-state index is 0.601. The molecule has 4 heteroatoms. The molecule has 140 valence electrons. The number of nitrogens with zero attached hydrogens (tertiary/aromatic N) is 1. The lowest BCUT2D eigenvalue weighted by atomic mass is 10.1. The molecule has 0 aliphatic carbocycles. The standard InChI is InChI=1S/C21H33NO3/c1-6-7-13-24-20-15-17(2)21(18(3)16-20)25-14-11-9-8-10-12-19(4)22-23-5/h6-7,15-16H,8-14H2,1-5H3/b7-6+,22-19+. The molecule has 0 bridgehead atoms. The monoisotopic (exact) mass is 347 g/mol. The van der Waals surface area contributed by atoms with Crippen LogP contribution in [0.1, 0.15) is 57.1 Å². The van der Waals surface area contributed by atoms with Crippen LogP contribution < -0.4 is 9.47 Å². The Morgan fingerprint density at radius 2 is 1.72 bits per heavy atom. The molecule has 25 heavy (non-hydrogen) atoms. The average molecular weight is 347 g/mol. The molecule has 4 nitrogen and oxygen atoms in total. The van der Waals surface area contributed by atoms with Crippen LogP contribution >= 0.6 is 0 Å². The first-order chi connectivity index (χ1) is 12.1. The fraction of sp³-hybridized carbons (Fsp3) is 0.571. The Morgan fingerprint density at radius 1 is 1.04 bits per heavy atom. The highest BCUT2D eigenvalue weighted by Gasteiger charge is 2.07. The molecule has 0 saturated heterocycles. The van der Waals surface area contributed by atoms with Crippen LogP contribution in [0.4, 0.5) is 0 Å². The average Bonchev–Trinajstić information content (AvgIpc) is 2.56. The molecule has 0 unspecified atom stereocenters. The first-order valence-corrected chi connectivity index (χ1v) is 9.13. The zero-order valence-electron chi connectivity index (χ0n) is 16.4. The predicted octanol–water partition coefficient (Wildman–Crippen LogP) is 5.61. The van der Waals surface area contributed by atoms with E-state index in [-0.39, 0.29) is 0 Å². The minimum Gasteiger partial charge on any atom is -0.493 e. The summed E-state index contributed by atoms with van der Waals surface area (Å²) in [5.41, 5.74) is 3.31. The van der Waals surface area contributed by atoms with Crippen molar-refractivity contribution in [2.45, 2.75) is 59.8 Å². The number of benzene rings is 1. The summed E-state index contributed by atoms with van der Waals surface area (Å²) in [6, 6.07) is 4.09. The topological polar surface area (TPSA) is 40.0 Å². The van der Waals surface area contributed by atoms with Crippen molar-refractivity contribution in [1.82, 2.24) is 0 Å². The van der Waals surface area contributed by atoms with Gasteiger partial charge in [0.1, 0.15) is 25.2 Å². The number of oxime groups is 1. The van der Waals surface area contributed by atoms with Crippen molar-refractivity contribution in [1.29, 1.82) is 0 Å². The molecule has 1 aromatic rings. The van der Waals surface area contributed by atoms with Crippen molar-refractivity contribution in [3.8, 4) is 11.5 Å². The molecule has 1 aromatic carbocycles. The van der Waals surface area contributed by atoms with Gasteiger partial charge in [-0.25, -0.2) is 0 Å². The van der Waals surface area contributed by atoms with Crippen molar-refractivity contribution in [3.05, 3.63) is 35.4 Å². The second-order valence-corrected chi connectivity index (χ2v) is 6.29. The Hall–Kier alpha value is -1.97. The minimum absolute atomic E-state index is 0.601. The summed E-state index contributed by atoms with van der Waals surface area (Å²) in [7, 11) is 1.59. The maximum atomic E-state index is 6.00. The second-order valence-electron chi connectivity index (χ2n) is 6.29. The molecule has 0 aliphatic heterocycles. The lowest BCUT2D eigenvalue weighted by molar-refractivity contribution is 0.212. The first kappa shape index (κ1) is 21.1. The molecule has 0 N–H and O–H groups in total. The van der Waals surface area contributed by atoms with E-state index < -0.39 is 0 Å². The summed E-state index contributed by atoms with van der Waals surface area (Å²) >= 11 is 0. The van der Waals surface area contributed by atoms with Crippen LogP contribution in [0.25, 0.3) is 0 Å². The van der Waals surface area contributed by atoms with E-state index in [1.165, 1.54) is 12.8 Å². The largest absolute Gasteiger partial charge is 0.493 e. The highest BCUT2D eigenvalue weighted by Crippen LogP contribution is 2.28. The van der Waals surface area contributed by atoms with Gasteiger partial charge in [-0.2, -0.15) is 0 Å². The van der Waals surface area contributed by atoms with Gasteiger partial charge in [0, 0.05) is 0 Å². The Balaban J connectivity index is 2.31. The maximum Gasteiger partial charge on any atom is 0.125 e. The smallest absolute Gasteiger partial charge is 0.125 e. The molecule has 1 rings (SSSR count). The summed E-state index contributed by atoms with van der Waals surface area (Å²) in [4.78, 5) is 4.76. The predicted molar refractivity (Wildman–Crippen MR) is 105 cm³/mol. The molecule has 0 atom stereocenters. The van der Waals surface area contributed by atoms with Gasteiger partial charge in [-0.15, -0.1) is 0 Å². The molecule has 0 amide bonds. The van der Waals surface area contributed by atoms with E-state index >= 15 is 0 Å². The Morgan fingerprint density at radius 3 is 2.36 bits per heavy atom. The first-order valence-electron chi connectivity index (χ1n) is 9.13. The highest BCUT2D eigenvalue weighted by molar-refractivity contribution is 5.81. The number of hydrogen-bond donors (Lipinski definition) is 0. The Kier molecular flexibility index (Phi) is 10.5. The van der Waals surface area contributed by atoms with Crippen LogP contribution in [-0.4, -0.2) is 26.0 Å². The van der Waals surface area contributed by atoms with E-state index in [0.29, 0.717) is 6.61 Å². The molecule has 0 radical (unpaired) electrons. The number of allylic oxidation sites excluding steroid dienone is 1. The Bertz CT molecular complexity index is 541. The molecule has 0 fully saturated rings. The number of ether oxygens (including phenoxy) is 2. The van der Waals surface area contributed by atoms with Gasteiger partial charge < -0.3 is 14.3 Å². The number of unbranched alkanes of at least 4 members (excludes halogenated alkanes) is 3. The van der Waals surface area contributed by atoms with Gasteiger partial charge in [-0.3, -0.25) is 0 Å². The fourth-order valence-electron chi connectivity index (χ4n) is 2.67. The molecule has 0 heterocycles. The number of rotatable bonds is 12. The van der Waals surface area contributed by atoms with Crippen molar-refractivity contribution in [2.24, 2.45) is 5.16 Å². The van der Waals surface area contributed by atoms with E-state index in [0.717, 1.165) is 54.2 Å². The van der Waals surface area contributed by atoms with Crippen LogP contribution in [-0.2, 0) is 4.84 Å². The zero-order valence-corrected chi connectivity index (χ0v) is 16.4. The van der Waals surface area contributed by atoms with Gasteiger partial charge in [0.25, 0.3) is 0 Å². The van der Waals surface area contributed by atoms with Crippen molar-refractivity contribution < 1.29 is 14.3 Å². The van der Waals surface area contributed by atoms with Crippen molar-refractivity contribution >= 4 is 5.71 Å². The number of hydrogen-bond acceptors (Lipinski definition) is 4. The van der Waals surface area contributed by atoms with E-state index in [9.17, 15) is 0 Å². The normalized spacial score (nSPS) is 11.8. The summed E-state index contributed by atoms with van der Waals surface area (Å²) in [5, 5.41) is 3.93. The number of aryl methyl sites for hydroxylation is 2. The molecular weight excluding hydrogens is 314 g/mol. The Labute approximate surface area is 152 Å². The molecule has 0 spiro atoms.